The van der Waals surface area contributed by atoms with E-state index in [1.54, 1.807) is 50.6 Å². The van der Waals surface area contributed by atoms with Crippen LogP contribution < -0.4 is 9.47 Å². The molecule has 2 aromatic rings. The summed E-state index contributed by atoms with van der Waals surface area (Å²) in [6.07, 6.45) is -0.782. The van der Waals surface area contributed by atoms with Crippen LogP contribution in [0.2, 0.25) is 0 Å². The number of likely N-dealkylation sites (N-methyl/N-ethyl adjacent to an activating group) is 1. The molecule has 5 heteroatoms. The molecule has 0 heterocycles. The molecule has 0 aliphatic carbocycles. The fraction of sp³-hybridized carbons (Fsp3) is 0.278. The van der Waals surface area contributed by atoms with Gasteiger partial charge in [0.1, 0.15) is 11.5 Å². The smallest absolute Gasteiger partial charge is 0.260 e. The van der Waals surface area contributed by atoms with Crippen LogP contribution in [-0.4, -0.2) is 43.2 Å². The van der Waals surface area contributed by atoms with Crippen LogP contribution in [0.25, 0.3) is 0 Å². The minimum Gasteiger partial charge on any atom is -0.497 e. The van der Waals surface area contributed by atoms with Crippen molar-refractivity contribution >= 4 is 5.91 Å². The highest BCUT2D eigenvalue weighted by atomic mass is 16.5. The summed E-state index contributed by atoms with van der Waals surface area (Å²) in [5.41, 5.74) is 0.702. The first kappa shape index (κ1) is 16.8. The van der Waals surface area contributed by atoms with Crippen molar-refractivity contribution in [1.82, 2.24) is 4.90 Å². The van der Waals surface area contributed by atoms with Gasteiger partial charge in [-0.2, -0.15) is 0 Å². The van der Waals surface area contributed by atoms with Gasteiger partial charge in [0.15, 0.2) is 6.61 Å². The molecule has 23 heavy (non-hydrogen) atoms. The third-order valence-electron chi connectivity index (χ3n) is 3.46. The molecule has 1 N–H and O–H groups in total. The quantitative estimate of drug-likeness (QED) is 0.851. The van der Waals surface area contributed by atoms with Crippen molar-refractivity contribution in [1.29, 1.82) is 0 Å². The van der Waals surface area contributed by atoms with Crippen LogP contribution in [0, 0.1) is 0 Å². The van der Waals surface area contributed by atoms with Crippen LogP contribution in [0.3, 0.4) is 0 Å². The van der Waals surface area contributed by atoms with Gasteiger partial charge in [-0.3, -0.25) is 4.79 Å². The monoisotopic (exact) mass is 315 g/mol. The van der Waals surface area contributed by atoms with Crippen molar-refractivity contribution in [3.8, 4) is 11.5 Å². The zero-order valence-corrected chi connectivity index (χ0v) is 13.3. The molecule has 0 bridgehead atoms. The predicted octanol–water partition coefficient (Wildman–Crippen LogP) is 2.27. The SMILES string of the molecule is COc1cccc(C(O)CN(C)C(=O)COc2ccccc2)c1. The van der Waals surface area contributed by atoms with E-state index in [9.17, 15) is 9.90 Å². The molecule has 0 spiro atoms. The van der Waals surface area contributed by atoms with Crippen molar-refractivity contribution in [2.24, 2.45) is 0 Å². The number of carbonyl (C=O) groups is 1. The van der Waals surface area contributed by atoms with Gasteiger partial charge in [0, 0.05) is 7.05 Å². The average Bonchev–Trinajstić information content (AvgIpc) is 2.60. The number of benzene rings is 2. The Morgan fingerprint density at radius 3 is 2.52 bits per heavy atom. The number of nitrogens with zero attached hydrogens (tertiary/aromatic N) is 1. The summed E-state index contributed by atoms with van der Waals surface area (Å²) in [7, 11) is 3.21. The van der Waals surface area contributed by atoms with Crippen molar-refractivity contribution in [3.63, 3.8) is 0 Å². The number of aliphatic hydroxyl groups excluding tert-OH is 1. The molecular formula is C18H21NO4. The molecule has 1 atom stereocenters. The highest BCUT2D eigenvalue weighted by molar-refractivity contribution is 5.77. The number of para-hydroxylation sites is 1. The van der Waals surface area contributed by atoms with Crippen LogP contribution in [0.5, 0.6) is 11.5 Å². The van der Waals surface area contributed by atoms with Crippen LogP contribution in [0.15, 0.2) is 54.6 Å². The van der Waals surface area contributed by atoms with Crippen molar-refractivity contribution in [2.45, 2.75) is 6.10 Å². The summed E-state index contributed by atoms with van der Waals surface area (Å²) in [4.78, 5) is 13.5. The second-order valence-corrected chi connectivity index (χ2v) is 5.17. The van der Waals surface area contributed by atoms with E-state index < -0.39 is 6.10 Å². The predicted molar refractivity (Wildman–Crippen MR) is 87.5 cm³/mol. The van der Waals surface area contributed by atoms with Gasteiger partial charge in [0.2, 0.25) is 0 Å². The Kier molecular flexibility index (Phi) is 6.00. The van der Waals surface area contributed by atoms with E-state index in [0.717, 1.165) is 0 Å². The molecule has 0 aliphatic rings. The minimum absolute atomic E-state index is 0.0641. The number of hydrogen-bond donors (Lipinski definition) is 1. The van der Waals surface area contributed by atoms with Gasteiger partial charge >= 0.3 is 0 Å². The second kappa shape index (κ2) is 8.19. The van der Waals surface area contributed by atoms with Gasteiger partial charge in [0.05, 0.1) is 19.8 Å². The van der Waals surface area contributed by atoms with E-state index in [0.29, 0.717) is 17.1 Å². The lowest BCUT2D eigenvalue weighted by Crippen LogP contribution is -2.34. The van der Waals surface area contributed by atoms with Gasteiger partial charge in [-0.15, -0.1) is 0 Å². The lowest BCUT2D eigenvalue weighted by molar-refractivity contribution is -0.133. The van der Waals surface area contributed by atoms with Gasteiger partial charge in [0.25, 0.3) is 5.91 Å². The fourth-order valence-electron chi connectivity index (χ4n) is 2.09. The first-order valence-corrected chi connectivity index (χ1v) is 7.34. The largest absolute Gasteiger partial charge is 0.497 e. The van der Waals surface area contributed by atoms with E-state index in [2.05, 4.69) is 0 Å². The molecule has 0 saturated carbocycles. The molecular weight excluding hydrogens is 294 g/mol. The first-order chi connectivity index (χ1) is 11.1. The normalized spacial score (nSPS) is 11.6. The lowest BCUT2D eigenvalue weighted by Gasteiger charge is -2.21. The number of carbonyl (C=O) groups excluding carboxylic acids is 1. The fourth-order valence-corrected chi connectivity index (χ4v) is 2.09. The number of methoxy groups -OCH3 is 1. The van der Waals surface area contributed by atoms with E-state index in [4.69, 9.17) is 9.47 Å². The van der Waals surface area contributed by atoms with Crippen LogP contribution in [0.1, 0.15) is 11.7 Å². The molecule has 2 rings (SSSR count). The zero-order valence-electron chi connectivity index (χ0n) is 13.3. The molecule has 0 saturated heterocycles. The Bertz CT molecular complexity index is 630. The third-order valence-corrected chi connectivity index (χ3v) is 3.46. The molecule has 0 aliphatic heterocycles. The van der Waals surface area contributed by atoms with Gasteiger partial charge in [-0.05, 0) is 29.8 Å². The van der Waals surface area contributed by atoms with Crippen molar-refractivity contribution < 1.29 is 19.4 Å². The maximum absolute atomic E-state index is 12.1. The Balaban J connectivity index is 1.87. The molecule has 0 fully saturated rings. The number of amides is 1. The maximum atomic E-state index is 12.1. The number of hydrogen-bond acceptors (Lipinski definition) is 4. The highest BCUT2D eigenvalue weighted by Crippen LogP contribution is 2.19. The summed E-state index contributed by atoms with van der Waals surface area (Å²) < 4.78 is 10.6. The summed E-state index contributed by atoms with van der Waals surface area (Å²) in [5.74, 6) is 1.11. The summed E-state index contributed by atoms with van der Waals surface area (Å²) >= 11 is 0. The molecule has 1 unspecified atom stereocenters. The summed E-state index contributed by atoms with van der Waals surface area (Å²) in [5, 5.41) is 10.3. The topological polar surface area (TPSA) is 59.0 Å². The molecule has 0 radical (unpaired) electrons. The van der Waals surface area contributed by atoms with Crippen LogP contribution in [-0.2, 0) is 4.79 Å². The van der Waals surface area contributed by atoms with Gasteiger partial charge < -0.3 is 19.5 Å². The summed E-state index contributed by atoms with van der Waals surface area (Å²) in [6, 6.07) is 16.3. The number of ether oxygens (including phenoxy) is 2. The van der Waals surface area contributed by atoms with Crippen molar-refractivity contribution in [3.05, 3.63) is 60.2 Å². The van der Waals surface area contributed by atoms with E-state index >= 15 is 0 Å². The number of rotatable bonds is 7. The van der Waals surface area contributed by atoms with Gasteiger partial charge in [-0.1, -0.05) is 30.3 Å². The molecule has 122 valence electrons. The molecule has 5 nitrogen and oxygen atoms in total. The van der Waals surface area contributed by atoms with Crippen LogP contribution >= 0.6 is 0 Å². The molecule has 1 amide bonds. The summed E-state index contributed by atoms with van der Waals surface area (Å²) in [6.45, 7) is 0.121. The van der Waals surface area contributed by atoms with Crippen molar-refractivity contribution in [2.75, 3.05) is 27.3 Å². The average molecular weight is 315 g/mol. The molecule has 0 aromatic heterocycles. The standard InChI is InChI=1S/C18H21NO4/c1-19(18(21)13-23-15-8-4-3-5-9-15)12-17(20)14-7-6-10-16(11-14)22-2/h3-11,17,20H,12-13H2,1-2H3. The van der Waals surface area contributed by atoms with Crippen LogP contribution in [0.4, 0.5) is 0 Å². The Labute approximate surface area is 136 Å². The lowest BCUT2D eigenvalue weighted by atomic mass is 10.1. The Morgan fingerprint density at radius 2 is 1.83 bits per heavy atom. The van der Waals surface area contributed by atoms with E-state index in [1.807, 2.05) is 18.2 Å². The Hall–Kier alpha value is -2.53. The third kappa shape index (κ3) is 5.00. The first-order valence-electron chi connectivity index (χ1n) is 7.34. The number of aliphatic hydroxyl groups is 1. The van der Waals surface area contributed by atoms with E-state index in [-0.39, 0.29) is 19.1 Å². The molecule has 2 aromatic carbocycles. The zero-order chi connectivity index (χ0) is 16.7. The van der Waals surface area contributed by atoms with E-state index in [1.165, 1.54) is 4.90 Å². The minimum atomic E-state index is -0.782. The van der Waals surface area contributed by atoms with Gasteiger partial charge in [-0.25, -0.2) is 0 Å². The maximum Gasteiger partial charge on any atom is 0.260 e. The highest BCUT2D eigenvalue weighted by Gasteiger charge is 2.16. The Morgan fingerprint density at radius 1 is 1.13 bits per heavy atom. The second-order valence-electron chi connectivity index (χ2n) is 5.17.